The maximum Gasteiger partial charge on any atom is 0.243 e. The standard InChI is InChI=1S/C20H24N2O3S/c1-15-5-6-17(13-16(15)2)14-20(23)21-18-7-9-19(10-8-18)26(24,25)22-11-3-4-12-22/h5-10,13H,3-4,11-12,14H2,1-2H3,(H,21,23). The van der Waals surface area contributed by atoms with E-state index in [4.69, 9.17) is 0 Å². The van der Waals surface area contributed by atoms with E-state index in [1.54, 1.807) is 24.3 Å². The number of carbonyl (C=O) groups excluding carboxylic acids is 1. The lowest BCUT2D eigenvalue weighted by atomic mass is 10.0. The molecule has 1 fully saturated rings. The summed E-state index contributed by atoms with van der Waals surface area (Å²) in [6.45, 7) is 5.22. The Morgan fingerprint density at radius 2 is 1.65 bits per heavy atom. The monoisotopic (exact) mass is 372 g/mol. The average Bonchev–Trinajstić information content (AvgIpc) is 3.14. The van der Waals surface area contributed by atoms with Crippen molar-refractivity contribution >= 4 is 21.6 Å². The molecule has 1 aliphatic rings. The highest BCUT2D eigenvalue weighted by molar-refractivity contribution is 7.89. The van der Waals surface area contributed by atoms with Gasteiger partial charge < -0.3 is 5.32 Å². The summed E-state index contributed by atoms with van der Waals surface area (Å²) in [5.74, 6) is -0.122. The molecular formula is C20H24N2O3S. The molecule has 1 heterocycles. The molecule has 1 N–H and O–H groups in total. The molecule has 1 aliphatic heterocycles. The first-order chi connectivity index (χ1) is 12.4. The molecule has 0 atom stereocenters. The van der Waals surface area contributed by atoms with E-state index in [0.717, 1.165) is 24.0 Å². The maximum absolute atomic E-state index is 12.5. The van der Waals surface area contributed by atoms with Crippen molar-refractivity contribution in [2.75, 3.05) is 18.4 Å². The maximum atomic E-state index is 12.5. The third-order valence-corrected chi connectivity index (χ3v) is 6.69. The Labute approximate surface area is 155 Å². The molecule has 138 valence electrons. The zero-order valence-electron chi connectivity index (χ0n) is 15.2. The van der Waals surface area contributed by atoms with Crippen molar-refractivity contribution in [2.24, 2.45) is 0 Å². The molecule has 0 spiro atoms. The Kier molecular flexibility index (Phi) is 5.44. The summed E-state index contributed by atoms with van der Waals surface area (Å²) in [4.78, 5) is 12.5. The SMILES string of the molecule is Cc1ccc(CC(=O)Nc2ccc(S(=O)(=O)N3CCCC3)cc2)cc1C. The summed E-state index contributed by atoms with van der Waals surface area (Å²) in [5, 5.41) is 2.83. The molecule has 26 heavy (non-hydrogen) atoms. The fraction of sp³-hybridized carbons (Fsp3) is 0.350. The Morgan fingerprint density at radius 3 is 2.27 bits per heavy atom. The molecule has 1 saturated heterocycles. The van der Waals surface area contributed by atoms with Crippen molar-refractivity contribution < 1.29 is 13.2 Å². The molecule has 6 heteroatoms. The van der Waals surface area contributed by atoms with Crippen LogP contribution in [0.3, 0.4) is 0 Å². The highest BCUT2D eigenvalue weighted by atomic mass is 32.2. The van der Waals surface area contributed by atoms with E-state index in [1.807, 2.05) is 32.0 Å². The highest BCUT2D eigenvalue weighted by Gasteiger charge is 2.26. The normalized spacial score (nSPS) is 15.2. The molecule has 5 nitrogen and oxygen atoms in total. The summed E-state index contributed by atoms with van der Waals surface area (Å²) < 4.78 is 26.5. The van der Waals surface area contributed by atoms with Gasteiger partial charge in [0.05, 0.1) is 11.3 Å². The van der Waals surface area contributed by atoms with Gasteiger partial charge in [0.25, 0.3) is 0 Å². The van der Waals surface area contributed by atoms with Gasteiger partial charge in [-0.15, -0.1) is 0 Å². The molecule has 0 bridgehead atoms. The van der Waals surface area contributed by atoms with Gasteiger partial charge in [0.2, 0.25) is 15.9 Å². The number of hydrogen-bond donors (Lipinski definition) is 1. The fourth-order valence-corrected chi connectivity index (χ4v) is 4.61. The molecule has 3 rings (SSSR count). The summed E-state index contributed by atoms with van der Waals surface area (Å²) in [6, 6.07) is 12.4. The van der Waals surface area contributed by atoms with Crippen molar-refractivity contribution in [1.29, 1.82) is 0 Å². The molecule has 0 unspecified atom stereocenters. The van der Waals surface area contributed by atoms with Crippen LogP contribution in [0.4, 0.5) is 5.69 Å². The van der Waals surface area contributed by atoms with Gasteiger partial charge in [0, 0.05) is 18.8 Å². The van der Waals surface area contributed by atoms with Gasteiger partial charge in [-0.1, -0.05) is 18.2 Å². The first-order valence-corrected chi connectivity index (χ1v) is 10.3. The number of benzene rings is 2. The third-order valence-electron chi connectivity index (χ3n) is 4.78. The zero-order chi connectivity index (χ0) is 18.7. The van der Waals surface area contributed by atoms with E-state index < -0.39 is 10.0 Å². The Hall–Kier alpha value is -2.18. The second-order valence-electron chi connectivity index (χ2n) is 6.78. The minimum atomic E-state index is -3.42. The minimum Gasteiger partial charge on any atom is -0.326 e. The van der Waals surface area contributed by atoms with E-state index in [-0.39, 0.29) is 17.2 Å². The van der Waals surface area contributed by atoms with Crippen LogP contribution >= 0.6 is 0 Å². The number of nitrogens with zero attached hydrogens (tertiary/aromatic N) is 1. The van der Waals surface area contributed by atoms with Crippen LogP contribution in [0.2, 0.25) is 0 Å². The van der Waals surface area contributed by atoms with Gasteiger partial charge in [-0.2, -0.15) is 4.31 Å². The Balaban J connectivity index is 1.65. The summed E-state index contributed by atoms with van der Waals surface area (Å²) in [7, 11) is -3.42. The van der Waals surface area contributed by atoms with Gasteiger partial charge in [0.1, 0.15) is 0 Å². The summed E-state index contributed by atoms with van der Waals surface area (Å²) in [6.07, 6.45) is 2.10. The topological polar surface area (TPSA) is 66.5 Å². The molecular weight excluding hydrogens is 348 g/mol. The van der Waals surface area contributed by atoms with Crippen LogP contribution in [-0.2, 0) is 21.2 Å². The lowest BCUT2D eigenvalue weighted by molar-refractivity contribution is -0.115. The van der Waals surface area contributed by atoms with Crippen LogP contribution < -0.4 is 5.32 Å². The van der Waals surface area contributed by atoms with Crippen molar-refractivity contribution in [3.63, 3.8) is 0 Å². The molecule has 2 aromatic carbocycles. The van der Waals surface area contributed by atoms with Gasteiger partial charge in [-0.25, -0.2) is 8.42 Å². The van der Waals surface area contributed by atoms with Crippen molar-refractivity contribution in [3.05, 3.63) is 59.2 Å². The predicted molar refractivity (Wildman–Crippen MR) is 103 cm³/mol. The van der Waals surface area contributed by atoms with Gasteiger partial charge >= 0.3 is 0 Å². The summed E-state index contributed by atoms with van der Waals surface area (Å²) >= 11 is 0. The van der Waals surface area contributed by atoms with Crippen LogP contribution in [-0.4, -0.2) is 31.7 Å². The van der Waals surface area contributed by atoms with Crippen LogP contribution in [0.15, 0.2) is 47.4 Å². The third kappa shape index (κ3) is 4.14. The van der Waals surface area contributed by atoms with E-state index in [2.05, 4.69) is 5.32 Å². The van der Waals surface area contributed by atoms with E-state index in [9.17, 15) is 13.2 Å². The van der Waals surface area contributed by atoms with Crippen molar-refractivity contribution in [2.45, 2.75) is 38.0 Å². The van der Waals surface area contributed by atoms with Crippen LogP contribution in [0.5, 0.6) is 0 Å². The molecule has 2 aromatic rings. The molecule has 0 aromatic heterocycles. The number of hydrogen-bond acceptors (Lipinski definition) is 3. The van der Waals surface area contributed by atoms with Crippen LogP contribution in [0, 0.1) is 13.8 Å². The zero-order valence-corrected chi connectivity index (χ0v) is 16.0. The van der Waals surface area contributed by atoms with E-state index in [1.165, 1.54) is 9.87 Å². The quantitative estimate of drug-likeness (QED) is 0.876. The first-order valence-electron chi connectivity index (χ1n) is 8.82. The van der Waals surface area contributed by atoms with Crippen molar-refractivity contribution in [3.8, 4) is 0 Å². The van der Waals surface area contributed by atoms with E-state index in [0.29, 0.717) is 18.8 Å². The second-order valence-corrected chi connectivity index (χ2v) is 8.72. The smallest absolute Gasteiger partial charge is 0.243 e. The number of rotatable bonds is 5. The fourth-order valence-electron chi connectivity index (χ4n) is 3.09. The highest BCUT2D eigenvalue weighted by Crippen LogP contribution is 2.22. The number of nitrogens with one attached hydrogen (secondary N) is 1. The van der Waals surface area contributed by atoms with E-state index >= 15 is 0 Å². The molecule has 0 radical (unpaired) electrons. The average molecular weight is 372 g/mol. The number of aryl methyl sites for hydroxylation is 2. The Morgan fingerprint density at radius 1 is 1.00 bits per heavy atom. The predicted octanol–water partition coefficient (Wildman–Crippen LogP) is 3.27. The van der Waals surface area contributed by atoms with Crippen molar-refractivity contribution in [1.82, 2.24) is 4.31 Å². The lowest BCUT2D eigenvalue weighted by Gasteiger charge is -2.15. The first kappa shape index (κ1) is 18.6. The Bertz CT molecular complexity index is 899. The van der Waals surface area contributed by atoms with Crippen LogP contribution in [0.1, 0.15) is 29.5 Å². The van der Waals surface area contributed by atoms with Crippen LogP contribution in [0.25, 0.3) is 0 Å². The van der Waals surface area contributed by atoms with Gasteiger partial charge in [0.15, 0.2) is 0 Å². The number of sulfonamides is 1. The summed E-state index contributed by atoms with van der Waals surface area (Å²) in [5.41, 5.74) is 3.91. The second kappa shape index (κ2) is 7.60. The van der Waals surface area contributed by atoms with Gasteiger partial charge in [-0.05, 0) is 67.6 Å². The molecule has 0 aliphatic carbocycles. The molecule has 1 amide bonds. The molecule has 0 saturated carbocycles. The number of amides is 1. The lowest BCUT2D eigenvalue weighted by Crippen LogP contribution is -2.27. The number of anilines is 1. The number of carbonyl (C=O) groups is 1. The van der Waals surface area contributed by atoms with Gasteiger partial charge in [-0.3, -0.25) is 4.79 Å². The minimum absolute atomic E-state index is 0.122. The largest absolute Gasteiger partial charge is 0.326 e.